The van der Waals surface area contributed by atoms with Crippen LogP contribution in [0.3, 0.4) is 0 Å². The molecule has 21 heteroatoms. The molecule has 19 nitrogen and oxygen atoms in total. The van der Waals surface area contributed by atoms with E-state index in [2.05, 4.69) is 36.1 Å². The number of likely N-dealkylation sites (tertiary alicyclic amines) is 2. The number of nitrogens with zero attached hydrogens (tertiary/aromatic N) is 6. The van der Waals surface area contributed by atoms with E-state index in [-0.39, 0.29) is 78.5 Å². The van der Waals surface area contributed by atoms with E-state index in [0.29, 0.717) is 34.9 Å². The number of benzene rings is 4. The maximum absolute atomic E-state index is 13.2. The molecule has 2 aliphatic heterocycles. The average molecular weight is 1040 g/mol. The fraction of sp³-hybridized carbons (Fsp3) is 0.321. The fourth-order valence-electron chi connectivity index (χ4n) is 9.10. The first-order chi connectivity index (χ1) is 35.8. The van der Waals surface area contributed by atoms with E-state index in [1.807, 2.05) is 62.4 Å². The molecule has 0 atom stereocenters. The summed E-state index contributed by atoms with van der Waals surface area (Å²) in [6.45, 7) is 6.89. The van der Waals surface area contributed by atoms with Gasteiger partial charge in [-0.15, -0.1) is 11.3 Å². The molecular weight excluding hydrogens is 990 g/mol. The van der Waals surface area contributed by atoms with Crippen molar-refractivity contribution in [3.8, 4) is 28.0 Å². The Morgan fingerprint density at radius 1 is 0.851 bits per heavy atom. The smallest absolute Gasteiger partial charge is 0.338 e. The number of anilines is 2. The van der Waals surface area contributed by atoms with Crippen molar-refractivity contribution in [2.75, 3.05) is 44.6 Å². The number of hydrogen-bond acceptors (Lipinski definition) is 16. The van der Waals surface area contributed by atoms with E-state index < -0.39 is 23.4 Å². The molecule has 0 unspecified atom stereocenters. The van der Waals surface area contributed by atoms with Crippen LogP contribution >= 0.6 is 22.9 Å². The molecule has 4 aromatic carbocycles. The highest BCUT2D eigenvalue weighted by molar-refractivity contribution is 7.19. The molecule has 2 aliphatic rings. The van der Waals surface area contributed by atoms with Gasteiger partial charge in [0.1, 0.15) is 11.9 Å². The lowest BCUT2D eigenvalue weighted by molar-refractivity contribution is -0.383. The molecule has 382 valence electrons. The first-order valence-corrected chi connectivity index (χ1v) is 25.5. The molecule has 3 N–H and O–H groups in total. The Balaban J connectivity index is 0.688. The van der Waals surface area contributed by atoms with Gasteiger partial charge in [-0.3, -0.25) is 39.2 Å². The van der Waals surface area contributed by atoms with Crippen molar-refractivity contribution in [2.45, 2.75) is 71.4 Å². The van der Waals surface area contributed by atoms with Crippen LogP contribution in [0.1, 0.15) is 71.3 Å². The molecule has 9 rings (SSSR count). The van der Waals surface area contributed by atoms with Gasteiger partial charge >= 0.3 is 11.7 Å². The number of pyridine rings is 1. The van der Waals surface area contributed by atoms with Gasteiger partial charge in [-0.1, -0.05) is 41.4 Å². The molecule has 74 heavy (non-hydrogen) atoms. The van der Waals surface area contributed by atoms with Crippen molar-refractivity contribution in [1.29, 1.82) is 0 Å². The van der Waals surface area contributed by atoms with E-state index in [1.165, 1.54) is 34.4 Å². The molecule has 0 saturated carbocycles. The van der Waals surface area contributed by atoms with Crippen molar-refractivity contribution in [2.24, 2.45) is 0 Å². The van der Waals surface area contributed by atoms with Crippen LogP contribution in [0.5, 0.6) is 5.75 Å². The number of aryl methyl sites for hydroxylation is 2. The van der Waals surface area contributed by atoms with Crippen molar-refractivity contribution in [1.82, 2.24) is 35.7 Å². The number of carbonyl (C=O) groups is 5. The van der Waals surface area contributed by atoms with Crippen LogP contribution in [0.25, 0.3) is 43.5 Å². The number of thiophene rings is 1. The Bertz CT molecular complexity index is 3270. The largest absolute Gasteiger partial charge is 0.489 e. The fourth-order valence-corrected chi connectivity index (χ4v) is 10.5. The van der Waals surface area contributed by atoms with Crippen LogP contribution < -0.4 is 20.7 Å². The molecule has 0 bridgehead atoms. The van der Waals surface area contributed by atoms with Crippen LogP contribution in [0.15, 0.2) is 89.7 Å². The third-order valence-electron chi connectivity index (χ3n) is 13.0. The monoisotopic (exact) mass is 1040 g/mol. The van der Waals surface area contributed by atoms with Gasteiger partial charge in [-0.25, -0.2) is 9.42 Å². The predicted octanol–water partition coefficient (Wildman–Crippen LogP) is 8.84. The van der Waals surface area contributed by atoms with E-state index in [0.717, 1.165) is 87.6 Å². The number of ether oxygens (including phenoxy) is 2. The number of fused-ring (bicyclic) bond motifs is 2. The van der Waals surface area contributed by atoms with Gasteiger partial charge in [0.15, 0.2) is 12.1 Å². The first kappa shape index (κ1) is 51.1. The number of hydrogen-bond donors (Lipinski definition) is 3. The maximum atomic E-state index is 13.2. The molecule has 5 heterocycles. The van der Waals surface area contributed by atoms with E-state index in [9.17, 15) is 34.1 Å². The summed E-state index contributed by atoms with van der Waals surface area (Å²) in [5.41, 5.74) is 6.95. The Labute approximate surface area is 433 Å². The maximum Gasteiger partial charge on any atom is 0.338 e. The van der Waals surface area contributed by atoms with Gasteiger partial charge in [-0.2, -0.15) is 0 Å². The molecule has 0 aliphatic carbocycles. The number of carbonyl (C=O) groups excluding carboxylic acids is 5. The minimum Gasteiger partial charge on any atom is -0.489 e. The molecule has 4 amide bonds. The highest BCUT2D eigenvalue weighted by Crippen LogP contribution is 2.43. The first-order valence-electron chi connectivity index (χ1n) is 24.3. The Kier molecular flexibility index (Phi) is 15.8. The van der Waals surface area contributed by atoms with Crippen molar-refractivity contribution in [3.05, 3.63) is 122 Å². The number of nitrogens with one attached hydrogen (secondary N) is 3. The molecule has 2 fully saturated rings. The van der Waals surface area contributed by atoms with Gasteiger partial charge in [0, 0.05) is 90.0 Å². The van der Waals surface area contributed by atoms with E-state index in [4.69, 9.17) is 25.7 Å². The van der Waals surface area contributed by atoms with E-state index in [1.54, 1.807) is 18.3 Å². The second kappa shape index (κ2) is 22.9. The molecule has 0 radical (unpaired) electrons. The molecule has 3 aromatic heterocycles. The Hall–Kier alpha value is -7.81. The lowest BCUT2D eigenvalue weighted by atomic mass is 9.99. The summed E-state index contributed by atoms with van der Waals surface area (Å²) in [6.07, 6.45) is 5.28. The number of esters is 1. The third-order valence-corrected chi connectivity index (χ3v) is 14.3. The van der Waals surface area contributed by atoms with Gasteiger partial charge in [0.25, 0.3) is 5.91 Å². The van der Waals surface area contributed by atoms with Gasteiger partial charge < -0.3 is 30.3 Å². The molecule has 7 aromatic rings. The van der Waals surface area contributed by atoms with Crippen LogP contribution in [-0.4, -0.2) is 105 Å². The highest BCUT2D eigenvalue weighted by atomic mass is 35.5. The highest BCUT2D eigenvalue weighted by Gasteiger charge is 2.30. The summed E-state index contributed by atoms with van der Waals surface area (Å²) >= 11 is 8.13. The van der Waals surface area contributed by atoms with Crippen molar-refractivity contribution < 1.29 is 43.0 Å². The molecule has 0 spiro atoms. The SMILES string of the molecule is Cc1ccc(-c2cc(C(=O)OCC(=O)NCCCC(=O)NCCCN3CCC(Oc4c(C)cc(Cl)cc4-c4ccnc5cc(CN6C(=O)CCC6=O)sc45)CC3)ccc2Nc2ccc([N+](=O)[O-])c3nonc23)cc1. The summed E-state index contributed by atoms with van der Waals surface area (Å²) in [4.78, 5) is 83.2. The molecule has 2 saturated heterocycles. The number of imide groups is 1. The third kappa shape index (κ3) is 12.0. The molecular formula is C53H52ClN9O10S. The van der Waals surface area contributed by atoms with Crippen LogP contribution in [0.4, 0.5) is 17.1 Å². The number of nitro groups is 1. The number of nitro benzene ring substituents is 1. The topological polar surface area (TPSA) is 241 Å². The summed E-state index contributed by atoms with van der Waals surface area (Å²) in [5, 5.41) is 28.6. The number of non-ortho nitro benzene ring substituents is 1. The van der Waals surface area contributed by atoms with Gasteiger partial charge in [0.2, 0.25) is 23.2 Å². The summed E-state index contributed by atoms with van der Waals surface area (Å²) in [5.74, 6) is -0.878. The number of piperidine rings is 1. The zero-order valence-electron chi connectivity index (χ0n) is 40.6. The normalized spacial score (nSPS) is 14.2. The predicted molar refractivity (Wildman–Crippen MR) is 278 cm³/mol. The Morgan fingerprint density at radius 2 is 1.58 bits per heavy atom. The summed E-state index contributed by atoms with van der Waals surface area (Å²) in [7, 11) is 0. The van der Waals surface area contributed by atoms with Crippen molar-refractivity contribution in [3.63, 3.8) is 0 Å². The lowest BCUT2D eigenvalue weighted by Gasteiger charge is -2.33. The van der Waals surface area contributed by atoms with Crippen LogP contribution in [-0.2, 0) is 30.5 Å². The van der Waals surface area contributed by atoms with Gasteiger partial charge in [0.05, 0.1) is 32.9 Å². The lowest BCUT2D eigenvalue weighted by Crippen LogP contribution is -2.39. The number of halogens is 1. The summed E-state index contributed by atoms with van der Waals surface area (Å²) < 4.78 is 17.9. The number of rotatable bonds is 20. The number of aromatic nitrogens is 3. The minimum atomic E-state index is -0.717. The second-order valence-corrected chi connectivity index (χ2v) is 19.8. The van der Waals surface area contributed by atoms with Crippen LogP contribution in [0.2, 0.25) is 5.02 Å². The van der Waals surface area contributed by atoms with E-state index >= 15 is 0 Å². The van der Waals surface area contributed by atoms with Crippen molar-refractivity contribution >= 4 is 90.8 Å². The zero-order valence-corrected chi connectivity index (χ0v) is 42.2. The summed E-state index contributed by atoms with van der Waals surface area (Å²) in [6, 6.07) is 23.0. The van der Waals surface area contributed by atoms with Gasteiger partial charge in [-0.05, 0) is 116 Å². The Morgan fingerprint density at radius 3 is 2.35 bits per heavy atom. The second-order valence-electron chi connectivity index (χ2n) is 18.3. The minimum absolute atomic E-state index is 0.00944. The standard InChI is InChI=1S/C53H52ClN9O10S/c1-31-6-8-33(9-7-31)39-26-34(10-11-41(39)58-42-12-13-44(63(69)70)50-49(42)59-73-60-50)53(68)71-30-46(65)57-19-3-5-45(64)56-20-4-22-61-23-17-36(18-24-61)72-51-32(2)25-35(54)27-40(51)38-16-21-55-43-28-37(74-52(38)43)29-62-47(66)14-15-48(62)67/h6-13,16,21,25-28,36,58H,3-5,14-15,17-20,22-24,29-30H2,1-2H3,(H,56,64)(H,57,65). The number of amides is 4. The zero-order chi connectivity index (χ0) is 51.9. The average Bonchev–Trinajstić information content (AvgIpc) is 4.14. The quantitative estimate of drug-likeness (QED) is 0.0212. The van der Waals surface area contributed by atoms with Crippen LogP contribution in [0, 0.1) is 24.0 Å².